The van der Waals surface area contributed by atoms with E-state index in [1.165, 1.54) is 18.0 Å². The number of rotatable bonds is 5. The van der Waals surface area contributed by atoms with Crippen LogP contribution in [0.3, 0.4) is 0 Å². The third-order valence-corrected chi connectivity index (χ3v) is 2.31. The Hall–Kier alpha value is -1.30. The molecule has 0 aliphatic rings. The number of hydrogen-bond donors (Lipinski definition) is 2. The predicted molar refractivity (Wildman–Crippen MR) is 57.2 cm³/mol. The topological polar surface area (TPSA) is 72.5 Å². The van der Waals surface area contributed by atoms with Gasteiger partial charge >= 0.3 is 0 Å². The van der Waals surface area contributed by atoms with E-state index in [0.717, 1.165) is 0 Å². The maximum absolute atomic E-state index is 11.3. The first-order valence-corrected chi connectivity index (χ1v) is 5.27. The van der Waals surface area contributed by atoms with Gasteiger partial charge in [-0.3, -0.25) is 10.2 Å². The van der Waals surface area contributed by atoms with Gasteiger partial charge in [0.05, 0.1) is 17.8 Å². The molecule has 1 amide bonds. The molecule has 14 heavy (non-hydrogen) atoms. The molecule has 3 N–H and O–H groups in total. The number of nitrogens with two attached hydrogens (primary N) is 1. The molecule has 1 heterocycles. The zero-order chi connectivity index (χ0) is 10.4. The first-order chi connectivity index (χ1) is 6.72. The molecule has 0 unspecified atom stereocenters. The summed E-state index contributed by atoms with van der Waals surface area (Å²) in [6.07, 6.45) is 4.91. The lowest BCUT2D eigenvalue weighted by molar-refractivity contribution is -0.113. The molecule has 0 radical (unpaired) electrons. The van der Waals surface area contributed by atoms with E-state index in [4.69, 9.17) is 5.41 Å². The van der Waals surface area contributed by atoms with Gasteiger partial charge < -0.3 is 9.88 Å². The zero-order valence-corrected chi connectivity index (χ0v) is 8.75. The first kappa shape index (κ1) is 10.8. The second-order valence-corrected chi connectivity index (χ2v) is 3.75. The van der Waals surface area contributed by atoms with Crippen LogP contribution in [0.25, 0.3) is 0 Å². The summed E-state index contributed by atoms with van der Waals surface area (Å²) in [4.78, 5) is 15.2. The maximum atomic E-state index is 11.3. The summed E-state index contributed by atoms with van der Waals surface area (Å²) in [6, 6.07) is 0. The van der Waals surface area contributed by atoms with Crippen molar-refractivity contribution in [2.75, 3.05) is 16.8 Å². The Labute approximate surface area is 86.4 Å². The average molecular weight is 213 g/mol. The van der Waals surface area contributed by atoms with Crippen LogP contribution in [0.5, 0.6) is 0 Å². The van der Waals surface area contributed by atoms with Gasteiger partial charge in [0.1, 0.15) is 6.21 Å². The Morgan fingerprint density at radius 2 is 2.64 bits per heavy atom. The van der Waals surface area contributed by atoms with E-state index in [9.17, 15) is 4.79 Å². The highest BCUT2D eigenvalue weighted by Crippen LogP contribution is 2.03. The minimum Gasteiger partial charge on any atom is -0.338 e. The standard InChI is InChI=1S/C8H12N4OS/c1-12-4-7(10-6-12)11-8(13)5-14-3-2-9/h2,4,6,9H,3,5H2,1H3,(H,11,13)/p+1. The van der Waals surface area contributed by atoms with Crippen molar-refractivity contribution in [2.24, 2.45) is 7.05 Å². The maximum Gasteiger partial charge on any atom is 0.235 e. The molecule has 0 fully saturated rings. The number of aryl methyl sites for hydroxylation is 1. The van der Waals surface area contributed by atoms with E-state index < -0.39 is 0 Å². The van der Waals surface area contributed by atoms with Crippen LogP contribution >= 0.6 is 11.8 Å². The Bertz CT molecular complexity index is 323. The lowest BCUT2D eigenvalue weighted by Gasteiger charge is -1.98. The average Bonchev–Trinajstić information content (AvgIpc) is 2.52. The molecule has 0 aromatic carbocycles. The molecule has 1 aromatic rings. The monoisotopic (exact) mass is 213 g/mol. The van der Waals surface area contributed by atoms with Crippen LogP contribution in [-0.2, 0) is 11.8 Å². The molecule has 76 valence electrons. The van der Waals surface area contributed by atoms with Crippen LogP contribution in [0.1, 0.15) is 0 Å². The van der Waals surface area contributed by atoms with E-state index in [0.29, 0.717) is 17.3 Å². The van der Waals surface area contributed by atoms with Crippen molar-refractivity contribution in [3.8, 4) is 0 Å². The fourth-order valence-electron chi connectivity index (χ4n) is 0.876. The number of anilines is 1. The minimum atomic E-state index is -0.0597. The third kappa shape index (κ3) is 3.61. The van der Waals surface area contributed by atoms with Gasteiger partial charge in [-0.1, -0.05) is 0 Å². The van der Waals surface area contributed by atoms with Crippen LogP contribution < -0.4 is 10.7 Å². The van der Waals surface area contributed by atoms with Gasteiger partial charge in [0.15, 0.2) is 5.82 Å². The van der Waals surface area contributed by atoms with Gasteiger partial charge in [0.25, 0.3) is 0 Å². The summed E-state index contributed by atoms with van der Waals surface area (Å²) in [5.74, 6) is 1.59. The summed E-state index contributed by atoms with van der Waals surface area (Å²) >= 11 is 1.46. The van der Waals surface area contributed by atoms with Crippen molar-refractivity contribution in [3.05, 3.63) is 12.5 Å². The van der Waals surface area contributed by atoms with Crippen molar-refractivity contribution in [1.29, 1.82) is 0 Å². The number of carbonyl (C=O) groups excluding carboxylic acids is 1. The van der Waals surface area contributed by atoms with Gasteiger partial charge in [-0.15, -0.1) is 11.8 Å². The second kappa shape index (κ2) is 5.43. The van der Waals surface area contributed by atoms with Crippen molar-refractivity contribution in [1.82, 2.24) is 9.55 Å². The molecule has 1 rings (SSSR count). The lowest BCUT2D eigenvalue weighted by Crippen LogP contribution is -2.30. The summed E-state index contributed by atoms with van der Waals surface area (Å²) in [7, 11) is 1.85. The Morgan fingerprint density at radius 1 is 1.86 bits per heavy atom. The highest BCUT2D eigenvalue weighted by Gasteiger charge is 2.03. The fourth-order valence-corrected chi connectivity index (χ4v) is 1.39. The van der Waals surface area contributed by atoms with Gasteiger partial charge in [-0.25, -0.2) is 4.98 Å². The Balaban J connectivity index is 2.30. The van der Waals surface area contributed by atoms with E-state index in [1.54, 1.807) is 17.1 Å². The summed E-state index contributed by atoms with van der Waals surface area (Å²) < 4.78 is 1.77. The van der Waals surface area contributed by atoms with Crippen molar-refractivity contribution < 1.29 is 10.2 Å². The highest BCUT2D eigenvalue weighted by molar-refractivity contribution is 8.00. The van der Waals surface area contributed by atoms with E-state index in [2.05, 4.69) is 10.3 Å². The summed E-state index contributed by atoms with van der Waals surface area (Å²) in [5.41, 5.74) is 0. The predicted octanol–water partition coefficient (Wildman–Crippen LogP) is -1.08. The van der Waals surface area contributed by atoms with Crippen LogP contribution in [0.2, 0.25) is 0 Å². The zero-order valence-electron chi connectivity index (χ0n) is 7.93. The quantitative estimate of drug-likeness (QED) is 0.483. The fraction of sp³-hybridized carbons (Fsp3) is 0.375. The number of thioether (sulfide) groups is 1. The number of imidazole rings is 1. The summed E-state index contributed by atoms with van der Waals surface area (Å²) in [5, 5.41) is 7.85. The summed E-state index contributed by atoms with van der Waals surface area (Å²) in [6.45, 7) is 0. The molecule has 0 saturated carbocycles. The van der Waals surface area contributed by atoms with Crippen LogP contribution in [0.4, 0.5) is 5.82 Å². The van der Waals surface area contributed by atoms with E-state index in [-0.39, 0.29) is 5.91 Å². The number of hydrogen-bond acceptors (Lipinski definition) is 3. The molecule has 5 nitrogen and oxygen atoms in total. The van der Waals surface area contributed by atoms with E-state index >= 15 is 0 Å². The normalized spacial score (nSPS) is 9.79. The smallest absolute Gasteiger partial charge is 0.235 e. The number of amides is 1. The molecular formula is C8H13N4OS+. The highest BCUT2D eigenvalue weighted by atomic mass is 32.2. The number of nitrogens with zero attached hydrogens (tertiary/aromatic N) is 2. The van der Waals surface area contributed by atoms with Crippen LogP contribution in [-0.4, -0.2) is 33.2 Å². The third-order valence-electron chi connectivity index (χ3n) is 1.42. The molecule has 0 saturated heterocycles. The van der Waals surface area contributed by atoms with Crippen LogP contribution in [0.15, 0.2) is 12.5 Å². The largest absolute Gasteiger partial charge is 0.338 e. The molecule has 6 heteroatoms. The van der Waals surface area contributed by atoms with Gasteiger partial charge in [-0.2, -0.15) is 0 Å². The molecule has 0 bridgehead atoms. The van der Waals surface area contributed by atoms with Crippen molar-refractivity contribution in [2.45, 2.75) is 0 Å². The molecule has 0 aliphatic heterocycles. The van der Waals surface area contributed by atoms with Gasteiger partial charge in [0, 0.05) is 13.2 Å². The minimum absolute atomic E-state index is 0.0597. The number of aromatic nitrogens is 2. The molecule has 0 spiro atoms. The lowest BCUT2D eigenvalue weighted by atomic mass is 10.6. The van der Waals surface area contributed by atoms with Crippen molar-refractivity contribution in [3.63, 3.8) is 0 Å². The SMILES string of the molecule is Cn1cnc(NC(=O)CSCC=[NH2+])c1. The molecular weight excluding hydrogens is 200 g/mol. The number of carbonyl (C=O) groups is 1. The van der Waals surface area contributed by atoms with Crippen LogP contribution in [0, 0.1) is 0 Å². The van der Waals surface area contributed by atoms with Gasteiger partial charge in [-0.05, 0) is 0 Å². The second-order valence-electron chi connectivity index (χ2n) is 2.72. The van der Waals surface area contributed by atoms with Gasteiger partial charge in [0.2, 0.25) is 5.91 Å². The molecule has 1 aromatic heterocycles. The molecule has 0 aliphatic carbocycles. The molecule has 0 atom stereocenters. The van der Waals surface area contributed by atoms with E-state index in [1.807, 2.05) is 7.05 Å². The van der Waals surface area contributed by atoms with Crippen molar-refractivity contribution >= 4 is 29.7 Å². The Kier molecular flexibility index (Phi) is 4.18. The number of nitrogens with one attached hydrogen (secondary N) is 1. The first-order valence-electron chi connectivity index (χ1n) is 4.11. The Morgan fingerprint density at radius 3 is 3.21 bits per heavy atom.